The predicted octanol–water partition coefficient (Wildman–Crippen LogP) is 12.6. The molecule has 3 heteroatoms. The van der Waals surface area contributed by atoms with E-state index in [-0.39, 0.29) is 0 Å². The van der Waals surface area contributed by atoms with E-state index in [4.69, 9.17) is 9.40 Å². The molecule has 3 nitrogen and oxygen atoms in total. The fourth-order valence-corrected chi connectivity index (χ4v) is 6.80. The van der Waals surface area contributed by atoms with E-state index < -0.39 is 0 Å². The molecule has 0 bridgehead atoms. The molecule has 8 aromatic carbocycles. The summed E-state index contributed by atoms with van der Waals surface area (Å²) in [5.41, 5.74) is 10.4. The van der Waals surface area contributed by atoms with E-state index in [0.717, 1.165) is 44.9 Å². The Labute approximate surface area is 279 Å². The van der Waals surface area contributed by atoms with Crippen LogP contribution in [0.4, 0.5) is 17.1 Å². The van der Waals surface area contributed by atoms with E-state index in [0.29, 0.717) is 5.89 Å². The molecule has 1 heterocycles. The van der Waals surface area contributed by atoms with Gasteiger partial charge in [0.15, 0.2) is 5.58 Å². The summed E-state index contributed by atoms with van der Waals surface area (Å²) in [6.07, 6.45) is 0. The zero-order valence-electron chi connectivity index (χ0n) is 26.1. The maximum atomic E-state index is 6.19. The molecule has 0 spiro atoms. The summed E-state index contributed by atoms with van der Waals surface area (Å²) in [6, 6.07) is 64.1. The van der Waals surface area contributed by atoms with Gasteiger partial charge in [-0.25, -0.2) is 4.98 Å². The molecule has 0 radical (unpaired) electrons. The molecule has 0 N–H and O–H groups in total. The van der Waals surface area contributed by atoms with Crippen LogP contribution < -0.4 is 4.90 Å². The average Bonchev–Trinajstić information content (AvgIpc) is 3.61. The number of aromatic nitrogens is 1. The Morgan fingerprint density at radius 3 is 1.88 bits per heavy atom. The van der Waals surface area contributed by atoms with Crippen LogP contribution >= 0.6 is 0 Å². The molecule has 0 saturated heterocycles. The van der Waals surface area contributed by atoms with E-state index >= 15 is 0 Å². The van der Waals surface area contributed by atoms with E-state index in [1.54, 1.807) is 0 Å². The number of nitrogens with zero attached hydrogens (tertiary/aromatic N) is 2. The molecule has 0 amide bonds. The van der Waals surface area contributed by atoms with Crippen LogP contribution in [0, 0.1) is 0 Å². The van der Waals surface area contributed by atoms with Crippen molar-refractivity contribution in [3.8, 4) is 33.7 Å². The van der Waals surface area contributed by atoms with Crippen LogP contribution in [-0.2, 0) is 0 Å². The minimum Gasteiger partial charge on any atom is -0.436 e. The van der Waals surface area contributed by atoms with Crippen molar-refractivity contribution in [1.82, 2.24) is 4.98 Å². The van der Waals surface area contributed by atoms with Gasteiger partial charge in [-0.3, -0.25) is 0 Å². The topological polar surface area (TPSA) is 29.3 Å². The van der Waals surface area contributed by atoms with Gasteiger partial charge >= 0.3 is 0 Å². The summed E-state index contributed by atoms with van der Waals surface area (Å²) >= 11 is 0. The molecular weight excluding hydrogens is 585 g/mol. The Kier molecular flexibility index (Phi) is 6.80. The van der Waals surface area contributed by atoms with Gasteiger partial charge in [0, 0.05) is 27.9 Å². The minimum absolute atomic E-state index is 0.628. The van der Waals surface area contributed by atoms with E-state index in [9.17, 15) is 0 Å². The highest BCUT2D eigenvalue weighted by atomic mass is 16.3. The fourth-order valence-electron chi connectivity index (χ4n) is 6.80. The van der Waals surface area contributed by atoms with Crippen molar-refractivity contribution in [1.29, 1.82) is 0 Å². The summed E-state index contributed by atoms with van der Waals surface area (Å²) in [5.74, 6) is 0.628. The SMILES string of the molecule is c1ccc(-c2nc3c(-c4ccc(N(c5cccc(-c6cccc7ccccc67)c5)c5cccc6ccccc56)cc4)cccc3o2)cc1. The third-order valence-electron chi connectivity index (χ3n) is 9.09. The molecular formula is C45H30N2O. The van der Waals surface area contributed by atoms with Gasteiger partial charge < -0.3 is 9.32 Å². The molecule has 1 aromatic heterocycles. The van der Waals surface area contributed by atoms with Gasteiger partial charge in [0.25, 0.3) is 0 Å². The van der Waals surface area contributed by atoms with Gasteiger partial charge in [0.1, 0.15) is 5.52 Å². The molecule has 0 aliphatic heterocycles. The molecule has 0 aliphatic rings. The molecule has 0 aliphatic carbocycles. The van der Waals surface area contributed by atoms with Crippen LogP contribution in [0.15, 0.2) is 186 Å². The standard InChI is InChI=1S/C45H30N2O/c1-2-14-34(15-3-1)45-46-44-41(23-11-25-43(44)48-45)33-26-28-36(29-27-33)47(42-24-10-17-32-13-5-7-21-40(32)42)37-19-8-18-35(30-37)39-22-9-16-31-12-4-6-20-38(31)39/h1-30H. The molecule has 48 heavy (non-hydrogen) atoms. The second-order valence-electron chi connectivity index (χ2n) is 12.0. The quantitative estimate of drug-likeness (QED) is 0.187. The van der Waals surface area contributed by atoms with E-state index in [1.807, 2.05) is 42.5 Å². The van der Waals surface area contributed by atoms with Gasteiger partial charge in [-0.1, -0.05) is 133 Å². The first-order valence-corrected chi connectivity index (χ1v) is 16.2. The van der Waals surface area contributed by atoms with Crippen LogP contribution in [0.3, 0.4) is 0 Å². The van der Waals surface area contributed by atoms with Gasteiger partial charge in [-0.15, -0.1) is 0 Å². The van der Waals surface area contributed by atoms with E-state index in [2.05, 4.69) is 144 Å². The van der Waals surface area contributed by atoms with E-state index in [1.165, 1.54) is 32.7 Å². The van der Waals surface area contributed by atoms with Gasteiger partial charge in [0.2, 0.25) is 5.89 Å². The lowest BCUT2D eigenvalue weighted by Crippen LogP contribution is -2.10. The van der Waals surface area contributed by atoms with Crippen molar-refractivity contribution in [2.75, 3.05) is 4.90 Å². The second kappa shape index (κ2) is 11.7. The number of anilines is 3. The summed E-state index contributed by atoms with van der Waals surface area (Å²) in [4.78, 5) is 7.30. The molecule has 0 saturated carbocycles. The van der Waals surface area contributed by atoms with Crippen molar-refractivity contribution in [3.05, 3.63) is 182 Å². The average molecular weight is 615 g/mol. The highest BCUT2D eigenvalue weighted by molar-refractivity contribution is 6.01. The van der Waals surface area contributed by atoms with Crippen LogP contribution in [0.5, 0.6) is 0 Å². The largest absolute Gasteiger partial charge is 0.436 e. The minimum atomic E-state index is 0.628. The lowest BCUT2D eigenvalue weighted by Gasteiger charge is -2.27. The number of hydrogen-bond donors (Lipinski definition) is 0. The number of oxazole rings is 1. The molecule has 0 unspecified atom stereocenters. The van der Waals surface area contributed by atoms with Gasteiger partial charge in [-0.2, -0.15) is 0 Å². The Morgan fingerprint density at radius 1 is 0.417 bits per heavy atom. The Morgan fingerprint density at radius 2 is 1.04 bits per heavy atom. The van der Waals surface area contributed by atoms with Crippen molar-refractivity contribution in [2.45, 2.75) is 0 Å². The highest BCUT2D eigenvalue weighted by Gasteiger charge is 2.18. The molecule has 226 valence electrons. The Balaban J connectivity index is 1.17. The van der Waals surface area contributed by atoms with Crippen molar-refractivity contribution in [2.24, 2.45) is 0 Å². The third-order valence-corrected chi connectivity index (χ3v) is 9.09. The van der Waals surface area contributed by atoms with Crippen LogP contribution in [0.1, 0.15) is 0 Å². The lowest BCUT2D eigenvalue weighted by molar-refractivity contribution is 0.620. The van der Waals surface area contributed by atoms with Gasteiger partial charge in [-0.05, 0) is 81.4 Å². The summed E-state index contributed by atoms with van der Waals surface area (Å²) < 4.78 is 6.19. The van der Waals surface area contributed by atoms with Gasteiger partial charge in [0.05, 0.1) is 5.69 Å². The maximum Gasteiger partial charge on any atom is 0.227 e. The summed E-state index contributed by atoms with van der Waals surface area (Å²) in [6.45, 7) is 0. The number of fused-ring (bicyclic) bond motifs is 3. The molecule has 9 aromatic rings. The number of benzene rings is 8. The third kappa shape index (κ3) is 4.90. The Hall–Kier alpha value is -6.45. The first-order chi connectivity index (χ1) is 23.8. The number of hydrogen-bond acceptors (Lipinski definition) is 3. The summed E-state index contributed by atoms with van der Waals surface area (Å²) in [5, 5.41) is 4.88. The normalized spacial score (nSPS) is 11.3. The lowest BCUT2D eigenvalue weighted by atomic mass is 9.97. The molecule has 0 fully saturated rings. The number of rotatable bonds is 6. The van der Waals surface area contributed by atoms with Crippen molar-refractivity contribution in [3.63, 3.8) is 0 Å². The van der Waals surface area contributed by atoms with Crippen molar-refractivity contribution < 1.29 is 4.42 Å². The fraction of sp³-hybridized carbons (Fsp3) is 0. The summed E-state index contributed by atoms with van der Waals surface area (Å²) in [7, 11) is 0. The number of para-hydroxylation sites is 1. The zero-order chi connectivity index (χ0) is 31.9. The van der Waals surface area contributed by atoms with Crippen LogP contribution in [-0.4, -0.2) is 4.98 Å². The first kappa shape index (κ1) is 27.8. The maximum absolute atomic E-state index is 6.19. The van der Waals surface area contributed by atoms with Crippen LogP contribution in [0.25, 0.3) is 66.4 Å². The monoisotopic (exact) mass is 614 g/mol. The zero-order valence-corrected chi connectivity index (χ0v) is 26.1. The van der Waals surface area contributed by atoms with Crippen molar-refractivity contribution >= 4 is 49.7 Å². The highest BCUT2D eigenvalue weighted by Crippen LogP contribution is 2.42. The molecule has 9 rings (SSSR count). The smallest absolute Gasteiger partial charge is 0.227 e. The predicted molar refractivity (Wildman–Crippen MR) is 200 cm³/mol. The first-order valence-electron chi connectivity index (χ1n) is 16.2. The molecule has 0 atom stereocenters. The second-order valence-corrected chi connectivity index (χ2v) is 12.0. The Bertz CT molecular complexity index is 2560. The van der Waals surface area contributed by atoms with Crippen LogP contribution in [0.2, 0.25) is 0 Å².